The maximum atomic E-state index is 4.59. The van der Waals surface area contributed by atoms with Gasteiger partial charge in [-0.15, -0.1) is 24.0 Å². The van der Waals surface area contributed by atoms with E-state index in [4.69, 9.17) is 0 Å². The van der Waals surface area contributed by atoms with Crippen molar-refractivity contribution in [1.29, 1.82) is 0 Å². The first-order chi connectivity index (χ1) is 10.7. The Hall–Kier alpha value is -1.57. The van der Waals surface area contributed by atoms with Gasteiger partial charge in [-0.3, -0.25) is 4.99 Å². The maximum absolute atomic E-state index is 4.59. The molecule has 0 unspecified atom stereocenters. The molecular formula is C17H26IN5. The Morgan fingerprint density at radius 2 is 1.96 bits per heavy atom. The van der Waals surface area contributed by atoms with Crippen molar-refractivity contribution in [2.24, 2.45) is 4.99 Å². The molecule has 0 amide bonds. The van der Waals surface area contributed by atoms with E-state index in [0.29, 0.717) is 12.6 Å². The number of halogens is 1. The predicted octanol–water partition coefficient (Wildman–Crippen LogP) is 3.23. The number of benzene rings is 1. The Labute approximate surface area is 155 Å². The fraction of sp³-hybridized carbons (Fsp3) is 0.412. The van der Waals surface area contributed by atoms with Gasteiger partial charge in [-0.25, -0.2) is 4.98 Å². The van der Waals surface area contributed by atoms with Crippen molar-refractivity contribution in [3.63, 3.8) is 0 Å². The number of hydrogen-bond donors (Lipinski definition) is 3. The second kappa shape index (κ2) is 10.3. The van der Waals surface area contributed by atoms with Crippen molar-refractivity contribution in [3.8, 4) is 0 Å². The Kier molecular flexibility index (Phi) is 8.68. The van der Waals surface area contributed by atoms with Crippen molar-refractivity contribution in [2.45, 2.75) is 26.8 Å². The smallest absolute Gasteiger partial charge is 0.191 e. The summed E-state index contributed by atoms with van der Waals surface area (Å²) in [5.74, 6) is 1.74. The molecule has 0 radical (unpaired) electrons. The number of guanidine groups is 1. The standard InChI is InChI=1S/C17H25N5.HI/c1-4-18-17(21-13(2)3)20-12-11-19-16-10-9-14-7-5-6-8-15(14)22-16;/h5-10,13H,4,11-12H2,1-3H3,(H,19,22)(H2,18,20,21);1H. The fourth-order valence-electron chi connectivity index (χ4n) is 2.11. The molecule has 0 spiro atoms. The molecule has 1 aromatic carbocycles. The number of anilines is 1. The third-order valence-electron chi connectivity index (χ3n) is 3.06. The predicted molar refractivity (Wildman–Crippen MR) is 110 cm³/mol. The molecule has 0 atom stereocenters. The summed E-state index contributed by atoms with van der Waals surface area (Å²) in [4.78, 5) is 9.12. The maximum Gasteiger partial charge on any atom is 0.191 e. The second-order valence-corrected chi connectivity index (χ2v) is 5.38. The molecule has 126 valence electrons. The lowest BCUT2D eigenvalue weighted by atomic mass is 10.2. The largest absolute Gasteiger partial charge is 0.368 e. The van der Waals surface area contributed by atoms with Crippen LogP contribution in [-0.4, -0.2) is 36.6 Å². The van der Waals surface area contributed by atoms with E-state index in [1.165, 1.54) is 0 Å². The summed E-state index contributed by atoms with van der Waals surface area (Å²) >= 11 is 0. The van der Waals surface area contributed by atoms with E-state index >= 15 is 0 Å². The van der Waals surface area contributed by atoms with Crippen molar-refractivity contribution < 1.29 is 0 Å². The minimum absolute atomic E-state index is 0. The van der Waals surface area contributed by atoms with E-state index in [-0.39, 0.29) is 24.0 Å². The van der Waals surface area contributed by atoms with Crippen LogP contribution in [0.2, 0.25) is 0 Å². The van der Waals surface area contributed by atoms with Crippen LogP contribution < -0.4 is 16.0 Å². The Morgan fingerprint density at radius 1 is 1.17 bits per heavy atom. The highest BCUT2D eigenvalue weighted by molar-refractivity contribution is 14.0. The zero-order valence-electron chi connectivity index (χ0n) is 14.0. The molecule has 3 N–H and O–H groups in total. The van der Waals surface area contributed by atoms with Crippen molar-refractivity contribution in [1.82, 2.24) is 15.6 Å². The molecule has 2 rings (SSSR count). The molecule has 0 aliphatic rings. The van der Waals surface area contributed by atoms with Crippen LogP contribution in [0.1, 0.15) is 20.8 Å². The van der Waals surface area contributed by atoms with Crippen molar-refractivity contribution >= 4 is 46.7 Å². The summed E-state index contributed by atoms with van der Waals surface area (Å²) in [7, 11) is 0. The zero-order valence-corrected chi connectivity index (χ0v) is 16.3. The number of hydrogen-bond acceptors (Lipinski definition) is 3. The molecule has 0 fully saturated rings. The topological polar surface area (TPSA) is 61.3 Å². The third-order valence-corrected chi connectivity index (χ3v) is 3.06. The number of nitrogens with zero attached hydrogens (tertiary/aromatic N) is 2. The van der Waals surface area contributed by atoms with E-state index in [1.54, 1.807) is 0 Å². The Balaban J connectivity index is 0.00000264. The fourth-order valence-corrected chi connectivity index (χ4v) is 2.11. The second-order valence-electron chi connectivity index (χ2n) is 5.38. The first kappa shape index (κ1) is 19.5. The van der Waals surface area contributed by atoms with Crippen molar-refractivity contribution in [2.75, 3.05) is 25.0 Å². The highest BCUT2D eigenvalue weighted by atomic mass is 127. The van der Waals surface area contributed by atoms with Gasteiger partial charge in [0.2, 0.25) is 0 Å². The number of rotatable bonds is 6. The summed E-state index contributed by atoms with van der Waals surface area (Å²) < 4.78 is 0. The minimum atomic E-state index is 0. The summed E-state index contributed by atoms with van der Waals surface area (Å²) in [5.41, 5.74) is 1.01. The summed E-state index contributed by atoms with van der Waals surface area (Å²) in [6.45, 7) is 8.57. The number of fused-ring (bicyclic) bond motifs is 1. The minimum Gasteiger partial charge on any atom is -0.368 e. The SMILES string of the molecule is CCNC(=NCCNc1ccc2ccccc2n1)NC(C)C.I. The molecule has 6 heteroatoms. The van der Waals surface area contributed by atoms with Gasteiger partial charge in [-0.05, 0) is 39.0 Å². The number of aliphatic imine (C=N–C) groups is 1. The number of aromatic nitrogens is 1. The lowest BCUT2D eigenvalue weighted by Crippen LogP contribution is -2.41. The highest BCUT2D eigenvalue weighted by Gasteiger charge is 1.99. The lowest BCUT2D eigenvalue weighted by molar-refractivity contribution is 0.701. The van der Waals surface area contributed by atoms with Gasteiger partial charge in [0.15, 0.2) is 5.96 Å². The molecule has 0 bridgehead atoms. The average molecular weight is 427 g/mol. The van der Waals surface area contributed by atoms with Crippen LogP contribution in [0, 0.1) is 0 Å². The van der Waals surface area contributed by atoms with E-state index in [9.17, 15) is 0 Å². The van der Waals surface area contributed by atoms with Crippen LogP contribution in [-0.2, 0) is 0 Å². The van der Waals surface area contributed by atoms with Crippen molar-refractivity contribution in [3.05, 3.63) is 36.4 Å². The van der Waals surface area contributed by atoms with Crippen LogP contribution in [0.5, 0.6) is 0 Å². The van der Waals surface area contributed by atoms with E-state index in [2.05, 4.69) is 58.8 Å². The number of para-hydroxylation sites is 1. The van der Waals surface area contributed by atoms with Gasteiger partial charge >= 0.3 is 0 Å². The summed E-state index contributed by atoms with van der Waals surface area (Å²) in [5, 5.41) is 11.0. The van der Waals surface area contributed by atoms with Gasteiger partial charge in [0.05, 0.1) is 12.1 Å². The molecule has 0 saturated heterocycles. The van der Waals surface area contributed by atoms with Crippen LogP contribution in [0.15, 0.2) is 41.4 Å². The average Bonchev–Trinajstić information content (AvgIpc) is 2.51. The van der Waals surface area contributed by atoms with Crippen LogP contribution in [0.3, 0.4) is 0 Å². The van der Waals surface area contributed by atoms with Crippen LogP contribution in [0.4, 0.5) is 5.82 Å². The Bertz CT molecular complexity index is 627. The molecule has 1 aromatic heterocycles. The van der Waals surface area contributed by atoms with Gasteiger partial charge in [0, 0.05) is 24.5 Å². The molecule has 23 heavy (non-hydrogen) atoms. The lowest BCUT2D eigenvalue weighted by Gasteiger charge is -2.14. The van der Waals surface area contributed by atoms with Gasteiger partial charge in [0.1, 0.15) is 5.82 Å². The zero-order chi connectivity index (χ0) is 15.8. The molecule has 5 nitrogen and oxygen atoms in total. The molecule has 2 aromatic rings. The summed E-state index contributed by atoms with van der Waals surface area (Å²) in [6, 6.07) is 12.6. The van der Waals surface area contributed by atoms with Crippen LogP contribution >= 0.6 is 24.0 Å². The first-order valence-electron chi connectivity index (χ1n) is 7.83. The van der Waals surface area contributed by atoms with Gasteiger partial charge in [-0.1, -0.05) is 18.2 Å². The van der Waals surface area contributed by atoms with Gasteiger partial charge < -0.3 is 16.0 Å². The van der Waals surface area contributed by atoms with Gasteiger partial charge in [-0.2, -0.15) is 0 Å². The van der Waals surface area contributed by atoms with Crippen LogP contribution in [0.25, 0.3) is 10.9 Å². The van der Waals surface area contributed by atoms with Gasteiger partial charge in [0.25, 0.3) is 0 Å². The molecule has 0 aliphatic carbocycles. The Morgan fingerprint density at radius 3 is 2.70 bits per heavy atom. The first-order valence-corrected chi connectivity index (χ1v) is 7.83. The third kappa shape index (κ3) is 6.60. The van der Waals surface area contributed by atoms with E-state index in [0.717, 1.165) is 35.8 Å². The molecule has 0 aliphatic heterocycles. The summed E-state index contributed by atoms with van der Waals surface area (Å²) in [6.07, 6.45) is 0. The monoisotopic (exact) mass is 427 g/mol. The number of nitrogens with one attached hydrogen (secondary N) is 3. The number of pyridine rings is 1. The normalized spacial score (nSPS) is 11.2. The highest BCUT2D eigenvalue weighted by Crippen LogP contribution is 2.14. The molecule has 0 saturated carbocycles. The quantitative estimate of drug-likeness (QED) is 0.287. The molecular weight excluding hydrogens is 401 g/mol. The molecule has 1 heterocycles. The van der Waals surface area contributed by atoms with E-state index in [1.807, 2.05) is 24.3 Å². The van der Waals surface area contributed by atoms with E-state index < -0.39 is 0 Å².